The number of alkyl halides is 3. The van der Waals surface area contributed by atoms with E-state index in [1.807, 2.05) is 6.92 Å². The van der Waals surface area contributed by atoms with E-state index in [4.69, 9.17) is 23.2 Å². The number of aryl methyl sites for hydroxylation is 1. The Labute approximate surface area is 137 Å². The molecule has 2 rings (SSSR count). The van der Waals surface area contributed by atoms with Crippen molar-refractivity contribution >= 4 is 50.6 Å². The molecule has 0 aliphatic carbocycles. The van der Waals surface area contributed by atoms with Gasteiger partial charge in [-0.05, 0) is 52.7 Å². The number of hydrogen-bond acceptors (Lipinski definition) is 2. The molecule has 0 saturated heterocycles. The van der Waals surface area contributed by atoms with Gasteiger partial charge in [-0.1, -0.05) is 23.2 Å². The van der Waals surface area contributed by atoms with Crippen molar-refractivity contribution in [1.29, 1.82) is 0 Å². The van der Waals surface area contributed by atoms with E-state index in [9.17, 15) is 13.2 Å². The minimum Gasteiger partial charge on any atom is -0.339 e. The van der Waals surface area contributed by atoms with Crippen LogP contribution in [0.5, 0.6) is 0 Å². The minimum absolute atomic E-state index is 0.0181. The molecule has 1 aromatic carbocycles. The van der Waals surface area contributed by atoms with Crippen LogP contribution in [0, 0.1) is 6.92 Å². The van der Waals surface area contributed by atoms with Crippen LogP contribution >= 0.6 is 39.1 Å². The SMILES string of the molecule is Cc1cc(Br)c(Nc2cc(C(F)(F)F)cc(Cl)n2)cc1Cl. The van der Waals surface area contributed by atoms with E-state index in [-0.39, 0.29) is 11.0 Å². The van der Waals surface area contributed by atoms with E-state index in [0.717, 1.165) is 17.7 Å². The molecule has 0 saturated carbocycles. The van der Waals surface area contributed by atoms with Gasteiger partial charge in [0, 0.05) is 9.50 Å². The molecular formula is C13H8BrCl2F3N2. The monoisotopic (exact) mass is 398 g/mol. The first kappa shape index (κ1) is 16.4. The molecule has 1 aromatic heterocycles. The van der Waals surface area contributed by atoms with E-state index >= 15 is 0 Å². The van der Waals surface area contributed by atoms with Crippen LogP contribution in [0.4, 0.5) is 24.7 Å². The molecule has 0 radical (unpaired) electrons. The zero-order valence-corrected chi connectivity index (χ0v) is 13.6. The topological polar surface area (TPSA) is 24.9 Å². The van der Waals surface area contributed by atoms with Crippen molar-refractivity contribution in [3.05, 3.63) is 50.0 Å². The smallest absolute Gasteiger partial charge is 0.339 e. The van der Waals surface area contributed by atoms with Gasteiger partial charge >= 0.3 is 6.18 Å². The molecule has 0 bridgehead atoms. The molecule has 21 heavy (non-hydrogen) atoms. The fourth-order valence-electron chi connectivity index (χ4n) is 1.60. The average molecular weight is 400 g/mol. The van der Waals surface area contributed by atoms with Crippen LogP contribution < -0.4 is 5.32 Å². The molecule has 1 N–H and O–H groups in total. The Morgan fingerprint density at radius 2 is 1.81 bits per heavy atom. The van der Waals surface area contributed by atoms with E-state index in [1.54, 1.807) is 12.1 Å². The normalized spacial score (nSPS) is 11.6. The molecular weight excluding hydrogens is 392 g/mol. The molecule has 0 aliphatic heterocycles. The number of halogens is 6. The summed E-state index contributed by atoms with van der Waals surface area (Å²) >= 11 is 14.9. The van der Waals surface area contributed by atoms with Gasteiger partial charge in [0.1, 0.15) is 11.0 Å². The Balaban J connectivity index is 2.40. The van der Waals surface area contributed by atoms with Crippen LogP contribution in [0.3, 0.4) is 0 Å². The van der Waals surface area contributed by atoms with Crippen LogP contribution in [-0.2, 0) is 6.18 Å². The standard InChI is InChI=1S/C13H8BrCl2F3N2/c1-6-2-8(14)10(5-9(6)15)20-12-4-7(13(17,18)19)3-11(16)21-12/h2-5H,1H3,(H,20,21). The molecule has 0 unspecified atom stereocenters. The summed E-state index contributed by atoms with van der Waals surface area (Å²) in [5, 5.41) is 3.00. The maximum atomic E-state index is 12.7. The molecule has 0 atom stereocenters. The number of rotatable bonds is 2. The zero-order valence-electron chi connectivity index (χ0n) is 10.5. The molecule has 0 amide bonds. The fourth-order valence-corrected chi connectivity index (χ4v) is 2.53. The van der Waals surface area contributed by atoms with Gasteiger partial charge < -0.3 is 5.32 Å². The van der Waals surface area contributed by atoms with E-state index in [2.05, 4.69) is 26.2 Å². The summed E-state index contributed by atoms with van der Waals surface area (Å²) < 4.78 is 38.9. The highest BCUT2D eigenvalue weighted by molar-refractivity contribution is 9.10. The van der Waals surface area contributed by atoms with Gasteiger partial charge in [0.05, 0.1) is 11.3 Å². The third-order valence-corrected chi connectivity index (χ3v) is 3.89. The van der Waals surface area contributed by atoms with Crippen LogP contribution in [0.25, 0.3) is 0 Å². The first-order valence-corrected chi connectivity index (χ1v) is 7.19. The van der Waals surface area contributed by atoms with Crippen molar-refractivity contribution in [3.8, 4) is 0 Å². The van der Waals surface area contributed by atoms with Crippen LogP contribution in [0.2, 0.25) is 10.2 Å². The Kier molecular flexibility index (Phi) is 4.70. The predicted octanol–water partition coefficient (Wildman–Crippen LogP) is 6.22. The van der Waals surface area contributed by atoms with Gasteiger partial charge in [-0.15, -0.1) is 0 Å². The molecule has 0 aliphatic rings. The lowest BCUT2D eigenvalue weighted by molar-refractivity contribution is -0.137. The zero-order chi connectivity index (χ0) is 15.8. The second kappa shape index (κ2) is 6.02. The first-order valence-electron chi connectivity index (χ1n) is 5.64. The molecule has 0 spiro atoms. The van der Waals surface area contributed by atoms with Crippen molar-refractivity contribution in [3.63, 3.8) is 0 Å². The van der Waals surface area contributed by atoms with Gasteiger partial charge in [0.15, 0.2) is 0 Å². The lowest BCUT2D eigenvalue weighted by Gasteiger charge is -2.13. The summed E-state index contributed by atoms with van der Waals surface area (Å²) in [6.07, 6.45) is -4.49. The molecule has 2 nitrogen and oxygen atoms in total. The van der Waals surface area contributed by atoms with E-state index in [0.29, 0.717) is 15.2 Å². The molecule has 8 heteroatoms. The highest BCUT2D eigenvalue weighted by Crippen LogP contribution is 2.35. The van der Waals surface area contributed by atoms with Gasteiger partial charge in [0.2, 0.25) is 0 Å². The van der Waals surface area contributed by atoms with Crippen LogP contribution in [-0.4, -0.2) is 4.98 Å². The Morgan fingerprint density at radius 3 is 2.43 bits per heavy atom. The van der Waals surface area contributed by atoms with Crippen LogP contribution in [0.15, 0.2) is 28.7 Å². The second-order valence-corrected chi connectivity index (χ2v) is 5.92. The fraction of sp³-hybridized carbons (Fsp3) is 0.154. The number of benzene rings is 1. The van der Waals surface area contributed by atoms with E-state index in [1.165, 1.54) is 0 Å². The number of pyridine rings is 1. The van der Waals surface area contributed by atoms with Crippen molar-refractivity contribution in [2.45, 2.75) is 13.1 Å². The minimum atomic E-state index is -4.49. The number of nitrogens with one attached hydrogen (secondary N) is 1. The van der Waals surface area contributed by atoms with Gasteiger partial charge in [-0.2, -0.15) is 13.2 Å². The summed E-state index contributed by atoms with van der Waals surface area (Å²) in [5.74, 6) is -0.0181. The van der Waals surface area contributed by atoms with Crippen molar-refractivity contribution in [2.75, 3.05) is 5.32 Å². The maximum absolute atomic E-state index is 12.7. The van der Waals surface area contributed by atoms with Crippen molar-refractivity contribution < 1.29 is 13.2 Å². The quantitative estimate of drug-likeness (QED) is 0.606. The molecule has 2 aromatic rings. The van der Waals surface area contributed by atoms with Crippen molar-refractivity contribution in [2.24, 2.45) is 0 Å². The van der Waals surface area contributed by atoms with Gasteiger partial charge in [0.25, 0.3) is 0 Å². The summed E-state index contributed by atoms with van der Waals surface area (Å²) in [6, 6.07) is 4.99. The Hall–Kier alpha value is -0.980. The van der Waals surface area contributed by atoms with Gasteiger partial charge in [-0.3, -0.25) is 0 Å². The number of aromatic nitrogens is 1. The highest BCUT2D eigenvalue weighted by atomic mass is 79.9. The largest absolute Gasteiger partial charge is 0.416 e. The van der Waals surface area contributed by atoms with Gasteiger partial charge in [-0.25, -0.2) is 4.98 Å². The number of nitrogens with zero attached hydrogens (tertiary/aromatic N) is 1. The first-order chi connectivity index (χ1) is 9.66. The third-order valence-electron chi connectivity index (χ3n) is 2.63. The number of anilines is 2. The lowest BCUT2D eigenvalue weighted by Crippen LogP contribution is -2.07. The summed E-state index contributed by atoms with van der Waals surface area (Å²) in [7, 11) is 0. The summed E-state index contributed by atoms with van der Waals surface area (Å²) in [4.78, 5) is 3.83. The average Bonchev–Trinajstić information content (AvgIpc) is 2.34. The second-order valence-electron chi connectivity index (χ2n) is 4.27. The summed E-state index contributed by atoms with van der Waals surface area (Å²) in [5.41, 5.74) is 0.456. The molecule has 112 valence electrons. The number of hydrogen-bond donors (Lipinski definition) is 1. The van der Waals surface area contributed by atoms with Crippen LogP contribution in [0.1, 0.15) is 11.1 Å². The third kappa shape index (κ3) is 4.02. The molecule has 1 heterocycles. The lowest BCUT2D eigenvalue weighted by atomic mass is 10.2. The molecule has 0 fully saturated rings. The Morgan fingerprint density at radius 1 is 1.14 bits per heavy atom. The van der Waals surface area contributed by atoms with Crippen molar-refractivity contribution in [1.82, 2.24) is 4.98 Å². The maximum Gasteiger partial charge on any atom is 0.416 e. The predicted molar refractivity (Wildman–Crippen MR) is 81.4 cm³/mol. The van der Waals surface area contributed by atoms with E-state index < -0.39 is 11.7 Å². The highest BCUT2D eigenvalue weighted by Gasteiger charge is 2.31. The summed E-state index contributed by atoms with van der Waals surface area (Å²) in [6.45, 7) is 1.82. The Bertz CT molecular complexity index is 690.